The summed E-state index contributed by atoms with van der Waals surface area (Å²) in [6.45, 7) is 1.78. The lowest BCUT2D eigenvalue weighted by Gasteiger charge is -2.06. The molecule has 2 aromatic heterocycles. The number of carbonyl (C=O) groups excluding carboxylic acids is 1. The van der Waals surface area contributed by atoms with Gasteiger partial charge in [0.2, 0.25) is 5.13 Å². The van der Waals surface area contributed by atoms with Gasteiger partial charge in [-0.05, 0) is 36.8 Å². The number of hydrogen-bond acceptors (Lipinski definition) is 5. The van der Waals surface area contributed by atoms with Crippen LogP contribution in [0.15, 0.2) is 53.3 Å². The molecule has 2 heterocycles. The maximum Gasteiger partial charge on any atom is 0.259 e. The molecule has 0 aliphatic carbocycles. The number of hydrogen-bond donors (Lipinski definition) is 2. The number of carbonyl (C=O) groups is 1. The normalized spacial score (nSPS) is 10.9. The quantitative estimate of drug-likeness (QED) is 0.528. The highest BCUT2D eigenvalue weighted by molar-refractivity contribution is 7.15. The van der Waals surface area contributed by atoms with Gasteiger partial charge in [-0.25, -0.2) is 0 Å². The summed E-state index contributed by atoms with van der Waals surface area (Å²) in [5.74, 6) is -0.346. The second kappa shape index (κ2) is 7.53. The van der Waals surface area contributed by atoms with Gasteiger partial charge in [0.05, 0.1) is 11.1 Å². The third-order valence-electron chi connectivity index (χ3n) is 4.20. The molecule has 28 heavy (non-hydrogen) atoms. The van der Waals surface area contributed by atoms with Gasteiger partial charge >= 0.3 is 0 Å². The van der Waals surface area contributed by atoms with Crippen LogP contribution in [0, 0.1) is 6.92 Å². The van der Waals surface area contributed by atoms with Crippen LogP contribution in [0.1, 0.15) is 26.6 Å². The number of H-pyrrole nitrogens is 1. The van der Waals surface area contributed by atoms with E-state index in [2.05, 4.69) is 20.5 Å². The number of para-hydroxylation sites is 1. The number of fused-ring (bicyclic) bond motifs is 1. The third-order valence-corrected chi connectivity index (χ3v) is 5.29. The van der Waals surface area contributed by atoms with Gasteiger partial charge in [-0.3, -0.25) is 14.9 Å². The summed E-state index contributed by atoms with van der Waals surface area (Å²) < 4.78 is 0. The molecule has 0 saturated heterocycles. The minimum atomic E-state index is -0.346. The molecule has 1 amide bonds. The van der Waals surface area contributed by atoms with Crippen LogP contribution in [0.3, 0.4) is 0 Å². The minimum absolute atomic E-state index is 0.123. The Bertz CT molecular complexity index is 1230. The smallest absolute Gasteiger partial charge is 0.259 e. The fourth-order valence-corrected chi connectivity index (χ4v) is 3.80. The second-order valence-electron chi connectivity index (χ2n) is 6.30. The van der Waals surface area contributed by atoms with Crippen molar-refractivity contribution in [1.82, 2.24) is 15.2 Å². The minimum Gasteiger partial charge on any atom is -0.358 e. The summed E-state index contributed by atoms with van der Waals surface area (Å²) in [7, 11) is 0. The summed E-state index contributed by atoms with van der Waals surface area (Å²) in [5, 5.41) is 13.3. The maximum absolute atomic E-state index is 12.7. The first-order chi connectivity index (χ1) is 13.5. The molecule has 0 saturated carbocycles. The number of aromatic amines is 1. The van der Waals surface area contributed by atoms with Crippen LogP contribution in [0.5, 0.6) is 0 Å². The lowest BCUT2D eigenvalue weighted by atomic mass is 10.1. The predicted molar refractivity (Wildman–Crippen MR) is 111 cm³/mol. The van der Waals surface area contributed by atoms with Crippen molar-refractivity contribution in [3.05, 3.63) is 85.6 Å². The Labute approximate surface area is 169 Å². The lowest BCUT2D eigenvalue weighted by Crippen LogP contribution is -2.14. The summed E-state index contributed by atoms with van der Waals surface area (Å²) in [6.07, 6.45) is 0.603. The zero-order valence-electron chi connectivity index (χ0n) is 14.8. The van der Waals surface area contributed by atoms with Crippen molar-refractivity contribution in [3.8, 4) is 0 Å². The molecule has 8 heteroatoms. The summed E-state index contributed by atoms with van der Waals surface area (Å²) in [6, 6.07) is 14.1. The number of nitrogens with one attached hydrogen (secondary N) is 2. The largest absolute Gasteiger partial charge is 0.358 e. The van der Waals surface area contributed by atoms with E-state index in [9.17, 15) is 9.59 Å². The average Bonchev–Trinajstić information content (AvgIpc) is 3.10. The molecule has 0 fully saturated rings. The van der Waals surface area contributed by atoms with Crippen LogP contribution in [-0.4, -0.2) is 21.1 Å². The van der Waals surface area contributed by atoms with Crippen LogP contribution in [0.2, 0.25) is 5.02 Å². The number of benzene rings is 2. The Hall–Kier alpha value is -3.03. The van der Waals surface area contributed by atoms with Crippen LogP contribution in [-0.2, 0) is 6.42 Å². The Morgan fingerprint density at radius 3 is 2.75 bits per heavy atom. The lowest BCUT2D eigenvalue weighted by molar-refractivity contribution is 0.102. The van der Waals surface area contributed by atoms with Crippen molar-refractivity contribution in [2.75, 3.05) is 5.32 Å². The van der Waals surface area contributed by atoms with Gasteiger partial charge in [0, 0.05) is 28.6 Å². The predicted octanol–water partition coefficient (Wildman–Crippen LogP) is 4.18. The van der Waals surface area contributed by atoms with E-state index in [0.29, 0.717) is 38.7 Å². The molecule has 0 aliphatic rings. The standard InChI is InChI=1S/C20H15ClN4O2S/c1-11-9-16(26)14-3-2-4-15(18(14)22-11)19(27)23-20-25-24-17(28-20)10-12-5-7-13(21)8-6-12/h2-9H,10H2,1H3,(H,22,26)(H,23,25,27). The van der Waals surface area contributed by atoms with Gasteiger partial charge in [0.15, 0.2) is 5.43 Å². The SMILES string of the molecule is Cc1cc(=O)c2cccc(C(=O)Nc3nnc(Cc4ccc(Cl)cc4)s3)c2[nH]1. The van der Waals surface area contributed by atoms with Crippen molar-refractivity contribution in [1.29, 1.82) is 0 Å². The highest BCUT2D eigenvalue weighted by atomic mass is 35.5. The van der Waals surface area contributed by atoms with Crippen LogP contribution >= 0.6 is 22.9 Å². The monoisotopic (exact) mass is 410 g/mol. The number of rotatable bonds is 4. The zero-order chi connectivity index (χ0) is 19.7. The Balaban J connectivity index is 1.56. The van der Waals surface area contributed by atoms with Gasteiger partial charge in [0.25, 0.3) is 5.91 Å². The molecule has 4 aromatic rings. The molecule has 0 radical (unpaired) electrons. The van der Waals surface area contributed by atoms with Gasteiger partial charge < -0.3 is 4.98 Å². The summed E-state index contributed by atoms with van der Waals surface area (Å²) >= 11 is 7.21. The highest BCUT2D eigenvalue weighted by Crippen LogP contribution is 2.21. The molecule has 0 atom stereocenters. The molecule has 4 rings (SSSR count). The van der Waals surface area contributed by atoms with Crippen LogP contribution < -0.4 is 10.7 Å². The fraction of sp³-hybridized carbons (Fsp3) is 0.100. The molecule has 0 unspecified atom stereocenters. The average molecular weight is 411 g/mol. The van der Waals surface area contributed by atoms with Crippen LogP contribution in [0.25, 0.3) is 10.9 Å². The van der Waals surface area contributed by atoms with Gasteiger partial charge in [-0.1, -0.05) is 41.1 Å². The van der Waals surface area contributed by atoms with E-state index < -0.39 is 0 Å². The Kier molecular flexibility index (Phi) is 4.93. The third kappa shape index (κ3) is 3.81. The van der Waals surface area contributed by atoms with Crippen molar-refractivity contribution in [2.45, 2.75) is 13.3 Å². The van der Waals surface area contributed by atoms with Crippen molar-refractivity contribution < 1.29 is 4.79 Å². The van der Waals surface area contributed by atoms with E-state index in [0.717, 1.165) is 10.6 Å². The van der Waals surface area contributed by atoms with E-state index in [1.54, 1.807) is 25.1 Å². The van der Waals surface area contributed by atoms with E-state index in [1.807, 2.05) is 24.3 Å². The first-order valence-electron chi connectivity index (χ1n) is 8.50. The van der Waals surface area contributed by atoms with Crippen molar-refractivity contribution in [3.63, 3.8) is 0 Å². The maximum atomic E-state index is 12.7. The molecule has 2 aromatic carbocycles. The van der Waals surface area contributed by atoms with Gasteiger partial charge in [-0.15, -0.1) is 10.2 Å². The first-order valence-corrected chi connectivity index (χ1v) is 9.70. The number of pyridine rings is 1. The number of nitrogens with zero attached hydrogens (tertiary/aromatic N) is 2. The van der Waals surface area contributed by atoms with E-state index in [1.165, 1.54) is 17.4 Å². The molecule has 2 N–H and O–H groups in total. The molecular formula is C20H15ClN4O2S. The number of anilines is 1. The second-order valence-corrected chi connectivity index (χ2v) is 7.80. The molecule has 0 bridgehead atoms. The van der Waals surface area contributed by atoms with Crippen LogP contribution in [0.4, 0.5) is 5.13 Å². The highest BCUT2D eigenvalue weighted by Gasteiger charge is 2.15. The van der Waals surface area contributed by atoms with E-state index in [-0.39, 0.29) is 11.3 Å². The molecule has 0 aliphatic heterocycles. The van der Waals surface area contributed by atoms with Gasteiger partial charge in [0.1, 0.15) is 5.01 Å². The molecular weight excluding hydrogens is 396 g/mol. The molecule has 6 nitrogen and oxygen atoms in total. The van der Waals surface area contributed by atoms with Gasteiger partial charge in [-0.2, -0.15) is 0 Å². The fourth-order valence-electron chi connectivity index (χ4n) is 2.91. The van der Waals surface area contributed by atoms with E-state index in [4.69, 9.17) is 11.6 Å². The molecule has 0 spiro atoms. The zero-order valence-corrected chi connectivity index (χ0v) is 16.4. The van der Waals surface area contributed by atoms with Crippen molar-refractivity contribution in [2.24, 2.45) is 0 Å². The number of halogens is 1. The molecule has 140 valence electrons. The number of aryl methyl sites for hydroxylation is 1. The Morgan fingerprint density at radius 2 is 1.96 bits per heavy atom. The first kappa shape index (κ1) is 18.3. The van der Waals surface area contributed by atoms with E-state index >= 15 is 0 Å². The van der Waals surface area contributed by atoms with Crippen molar-refractivity contribution >= 4 is 44.9 Å². The number of amides is 1. The Morgan fingerprint density at radius 1 is 1.18 bits per heavy atom. The summed E-state index contributed by atoms with van der Waals surface area (Å²) in [4.78, 5) is 28.0. The number of aromatic nitrogens is 3. The summed E-state index contributed by atoms with van der Waals surface area (Å²) in [5.41, 5.74) is 2.52. The topological polar surface area (TPSA) is 87.7 Å².